The zero-order valence-corrected chi connectivity index (χ0v) is 16.9. The molecule has 0 saturated heterocycles. The Balaban J connectivity index is 1.54. The number of nitrogens with zero attached hydrogens (tertiary/aromatic N) is 2. The van der Waals surface area contributed by atoms with Crippen LogP contribution in [-0.2, 0) is 6.42 Å². The van der Waals surface area contributed by atoms with E-state index in [2.05, 4.69) is 17.1 Å². The van der Waals surface area contributed by atoms with Gasteiger partial charge in [0.2, 0.25) is 0 Å². The summed E-state index contributed by atoms with van der Waals surface area (Å²) in [7, 11) is 1.56. The number of imide groups is 1. The van der Waals surface area contributed by atoms with Gasteiger partial charge in [-0.3, -0.25) is 14.6 Å². The lowest BCUT2D eigenvalue weighted by Gasteiger charge is -2.20. The number of hydrogen-bond acceptors (Lipinski definition) is 5. The Morgan fingerprint density at radius 1 is 0.967 bits per heavy atom. The van der Waals surface area contributed by atoms with E-state index in [9.17, 15) is 9.59 Å². The molecule has 0 radical (unpaired) electrons. The van der Waals surface area contributed by atoms with Gasteiger partial charge in [0.25, 0.3) is 11.8 Å². The lowest BCUT2D eigenvalue weighted by molar-refractivity contribution is 0.0926. The van der Waals surface area contributed by atoms with E-state index in [0.717, 1.165) is 17.7 Å². The molecule has 2 aromatic carbocycles. The summed E-state index contributed by atoms with van der Waals surface area (Å²) in [5.74, 6) is 0.274. The first kappa shape index (κ1) is 19.6. The van der Waals surface area contributed by atoms with E-state index >= 15 is 0 Å². The topological polar surface area (TPSA) is 68.7 Å². The molecular weight excluding hydrogens is 380 g/mol. The van der Waals surface area contributed by atoms with Crippen LogP contribution in [-0.4, -0.2) is 30.0 Å². The number of aryl methyl sites for hydroxylation is 1. The maximum Gasteiger partial charge on any atom is 0.267 e. The third-order valence-electron chi connectivity index (χ3n) is 5.10. The van der Waals surface area contributed by atoms with Gasteiger partial charge in [-0.05, 0) is 43.5 Å². The van der Waals surface area contributed by atoms with Gasteiger partial charge in [-0.2, -0.15) is 0 Å². The number of hydrogen-bond donors (Lipinski definition) is 0. The number of aromatic nitrogens is 1. The van der Waals surface area contributed by atoms with Crippen LogP contribution < -0.4 is 14.4 Å². The molecule has 152 valence electrons. The quantitative estimate of drug-likeness (QED) is 0.552. The van der Waals surface area contributed by atoms with Crippen molar-refractivity contribution >= 4 is 17.5 Å². The zero-order valence-electron chi connectivity index (χ0n) is 16.9. The van der Waals surface area contributed by atoms with Crippen molar-refractivity contribution in [3.05, 3.63) is 83.7 Å². The van der Waals surface area contributed by atoms with Crippen molar-refractivity contribution in [2.24, 2.45) is 0 Å². The summed E-state index contributed by atoms with van der Waals surface area (Å²) in [6, 6.07) is 16.8. The van der Waals surface area contributed by atoms with Gasteiger partial charge in [0.15, 0.2) is 11.5 Å². The predicted molar refractivity (Wildman–Crippen MR) is 113 cm³/mol. The summed E-state index contributed by atoms with van der Waals surface area (Å²) in [6.45, 7) is 1.99. The lowest BCUT2D eigenvalue weighted by atomic mass is 10.1. The molecule has 0 aliphatic carbocycles. The van der Waals surface area contributed by atoms with Gasteiger partial charge in [0.1, 0.15) is 0 Å². The van der Waals surface area contributed by atoms with Gasteiger partial charge in [0, 0.05) is 18.5 Å². The van der Waals surface area contributed by atoms with Crippen molar-refractivity contribution in [1.82, 2.24) is 4.98 Å². The number of rotatable bonds is 7. The second kappa shape index (κ2) is 8.37. The average molecular weight is 402 g/mol. The Labute approximate surface area is 175 Å². The second-order valence-corrected chi connectivity index (χ2v) is 7.15. The molecule has 0 bridgehead atoms. The van der Waals surface area contributed by atoms with Gasteiger partial charge in [-0.15, -0.1) is 0 Å². The Hall–Kier alpha value is -3.67. The number of carbonyl (C=O) groups excluding carboxylic acids is 2. The standard InChI is InChI=1S/C24H22N2O4/c1-16(8-9-17-6-4-3-5-7-17)30-22-14-18(10-11-21(22)29-2)26-23(27)19-12-13-25-15-20(19)24(26)28/h3-7,10-16H,8-9H2,1-2H3. The van der Waals surface area contributed by atoms with Crippen molar-refractivity contribution in [2.45, 2.75) is 25.9 Å². The van der Waals surface area contributed by atoms with E-state index in [4.69, 9.17) is 9.47 Å². The molecule has 6 nitrogen and oxygen atoms in total. The molecule has 6 heteroatoms. The number of pyridine rings is 1. The summed E-state index contributed by atoms with van der Waals surface area (Å²) in [6.07, 6.45) is 4.54. The molecule has 1 aliphatic heterocycles. The highest BCUT2D eigenvalue weighted by Crippen LogP contribution is 2.36. The minimum absolute atomic E-state index is 0.0827. The first-order chi connectivity index (χ1) is 14.6. The monoisotopic (exact) mass is 402 g/mol. The molecule has 0 N–H and O–H groups in total. The van der Waals surface area contributed by atoms with Crippen molar-refractivity contribution in [2.75, 3.05) is 12.0 Å². The SMILES string of the molecule is COc1ccc(N2C(=O)c3ccncc3C2=O)cc1OC(C)CCc1ccccc1. The Kier molecular flexibility index (Phi) is 5.48. The van der Waals surface area contributed by atoms with Crippen LogP contribution in [0.2, 0.25) is 0 Å². The van der Waals surface area contributed by atoms with Crippen LogP contribution in [0.15, 0.2) is 67.0 Å². The van der Waals surface area contributed by atoms with E-state index in [0.29, 0.717) is 28.3 Å². The van der Waals surface area contributed by atoms with Crippen LogP contribution in [0.5, 0.6) is 11.5 Å². The largest absolute Gasteiger partial charge is 0.493 e. The highest BCUT2D eigenvalue weighted by Gasteiger charge is 2.37. The number of amides is 2. The molecule has 2 heterocycles. The summed E-state index contributed by atoms with van der Waals surface area (Å²) in [5.41, 5.74) is 2.34. The van der Waals surface area contributed by atoms with Gasteiger partial charge in [0.05, 0.1) is 30.0 Å². The van der Waals surface area contributed by atoms with E-state index < -0.39 is 5.91 Å². The minimum Gasteiger partial charge on any atom is -0.493 e. The van der Waals surface area contributed by atoms with Crippen molar-refractivity contribution in [3.63, 3.8) is 0 Å². The molecule has 3 aromatic rings. The fourth-order valence-corrected chi connectivity index (χ4v) is 3.51. The van der Waals surface area contributed by atoms with Gasteiger partial charge < -0.3 is 9.47 Å². The summed E-state index contributed by atoms with van der Waals surface area (Å²) in [5, 5.41) is 0. The van der Waals surface area contributed by atoms with Crippen LogP contribution in [0.1, 0.15) is 39.6 Å². The molecule has 1 aliphatic rings. The lowest BCUT2D eigenvalue weighted by Crippen LogP contribution is -2.29. The molecule has 1 unspecified atom stereocenters. The number of anilines is 1. The highest BCUT2D eigenvalue weighted by atomic mass is 16.5. The Bertz CT molecular complexity index is 1050. The third kappa shape index (κ3) is 3.76. The summed E-state index contributed by atoms with van der Waals surface area (Å²) < 4.78 is 11.5. The highest BCUT2D eigenvalue weighted by molar-refractivity contribution is 6.34. The van der Waals surface area contributed by atoms with E-state index in [1.807, 2.05) is 25.1 Å². The molecule has 4 rings (SSSR count). The van der Waals surface area contributed by atoms with Crippen molar-refractivity contribution < 1.29 is 19.1 Å². The molecule has 1 aromatic heterocycles. The number of fused-ring (bicyclic) bond motifs is 1. The number of ether oxygens (including phenoxy) is 2. The Morgan fingerprint density at radius 2 is 1.73 bits per heavy atom. The first-order valence-electron chi connectivity index (χ1n) is 9.80. The molecular formula is C24H22N2O4. The molecule has 2 amide bonds. The maximum atomic E-state index is 12.8. The van der Waals surface area contributed by atoms with Gasteiger partial charge in [-0.1, -0.05) is 30.3 Å². The van der Waals surface area contributed by atoms with E-state index in [1.54, 1.807) is 31.4 Å². The fourth-order valence-electron chi connectivity index (χ4n) is 3.51. The van der Waals surface area contributed by atoms with E-state index in [-0.39, 0.29) is 12.0 Å². The Morgan fingerprint density at radius 3 is 2.47 bits per heavy atom. The zero-order chi connectivity index (χ0) is 21.1. The fraction of sp³-hybridized carbons (Fsp3) is 0.208. The number of carbonyl (C=O) groups is 2. The van der Waals surface area contributed by atoms with Crippen molar-refractivity contribution in [1.29, 1.82) is 0 Å². The first-order valence-corrected chi connectivity index (χ1v) is 9.80. The summed E-state index contributed by atoms with van der Waals surface area (Å²) >= 11 is 0. The average Bonchev–Trinajstić information content (AvgIpc) is 3.03. The normalized spacial score (nSPS) is 13.9. The van der Waals surface area contributed by atoms with Crippen LogP contribution in [0.4, 0.5) is 5.69 Å². The predicted octanol–water partition coefficient (Wildman–Crippen LogP) is 4.29. The molecule has 0 spiro atoms. The van der Waals surface area contributed by atoms with Crippen LogP contribution >= 0.6 is 0 Å². The van der Waals surface area contributed by atoms with E-state index in [1.165, 1.54) is 18.0 Å². The van der Waals surface area contributed by atoms with Crippen LogP contribution in [0.3, 0.4) is 0 Å². The summed E-state index contributed by atoms with van der Waals surface area (Å²) in [4.78, 5) is 30.6. The maximum absolute atomic E-state index is 12.8. The van der Waals surface area contributed by atoms with Gasteiger partial charge in [-0.25, -0.2) is 4.90 Å². The molecule has 30 heavy (non-hydrogen) atoms. The number of benzene rings is 2. The molecule has 0 fully saturated rings. The van der Waals surface area contributed by atoms with Crippen molar-refractivity contribution in [3.8, 4) is 11.5 Å². The number of methoxy groups -OCH3 is 1. The van der Waals surface area contributed by atoms with Crippen LogP contribution in [0.25, 0.3) is 0 Å². The molecule has 0 saturated carbocycles. The third-order valence-corrected chi connectivity index (χ3v) is 5.10. The van der Waals surface area contributed by atoms with Gasteiger partial charge >= 0.3 is 0 Å². The van der Waals surface area contributed by atoms with Crippen LogP contribution in [0, 0.1) is 0 Å². The smallest absolute Gasteiger partial charge is 0.267 e. The second-order valence-electron chi connectivity index (χ2n) is 7.15. The minimum atomic E-state index is -0.392. The molecule has 1 atom stereocenters.